The minimum absolute atomic E-state index is 0.285. The molecular weight excluding hydrogens is 194 g/mol. The van der Waals surface area contributed by atoms with Gasteiger partial charge in [-0.25, -0.2) is 5.10 Å². The first-order valence-electron chi connectivity index (χ1n) is 4.30. The van der Waals surface area contributed by atoms with E-state index in [2.05, 4.69) is 10.2 Å². The SMILES string of the molecule is NC(=O)[CH]c1n[nH]c(=O)c2ccccc12. The highest BCUT2D eigenvalue weighted by Gasteiger charge is 2.08. The molecule has 3 N–H and O–H groups in total. The fourth-order valence-corrected chi connectivity index (χ4v) is 1.38. The number of H-pyrrole nitrogens is 1. The van der Waals surface area contributed by atoms with Crippen molar-refractivity contribution in [2.24, 2.45) is 5.73 Å². The fraction of sp³-hybridized carbons (Fsp3) is 0. The molecule has 0 saturated carbocycles. The molecule has 0 spiro atoms. The normalized spacial score (nSPS) is 10.4. The summed E-state index contributed by atoms with van der Waals surface area (Å²) in [6.45, 7) is 0. The van der Waals surface area contributed by atoms with Gasteiger partial charge in [-0.05, 0) is 6.07 Å². The van der Waals surface area contributed by atoms with Crippen molar-refractivity contribution in [2.75, 3.05) is 0 Å². The number of rotatable bonds is 2. The van der Waals surface area contributed by atoms with Crippen molar-refractivity contribution >= 4 is 16.7 Å². The number of carbonyl (C=O) groups excluding carboxylic acids is 1. The van der Waals surface area contributed by atoms with Crippen LogP contribution in [0.2, 0.25) is 0 Å². The Labute approximate surface area is 84.9 Å². The van der Waals surface area contributed by atoms with Crippen molar-refractivity contribution < 1.29 is 4.79 Å². The summed E-state index contributed by atoms with van der Waals surface area (Å²) in [6, 6.07) is 6.88. The van der Waals surface area contributed by atoms with E-state index in [-0.39, 0.29) is 5.56 Å². The average Bonchev–Trinajstić information content (AvgIpc) is 2.22. The van der Waals surface area contributed by atoms with Crippen molar-refractivity contribution in [3.63, 3.8) is 0 Å². The number of amides is 1. The van der Waals surface area contributed by atoms with Crippen molar-refractivity contribution in [2.45, 2.75) is 0 Å². The van der Waals surface area contributed by atoms with Gasteiger partial charge >= 0.3 is 0 Å². The topological polar surface area (TPSA) is 88.8 Å². The van der Waals surface area contributed by atoms with Crippen LogP contribution in [-0.2, 0) is 4.79 Å². The molecule has 1 aromatic heterocycles. The highest BCUT2D eigenvalue weighted by Crippen LogP contribution is 2.13. The van der Waals surface area contributed by atoms with Gasteiger partial charge in [-0.1, -0.05) is 18.2 Å². The van der Waals surface area contributed by atoms with Gasteiger partial charge in [0.1, 0.15) is 0 Å². The Morgan fingerprint density at radius 3 is 2.67 bits per heavy atom. The summed E-state index contributed by atoms with van der Waals surface area (Å²) in [5.74, 6) is -0.597. The lowest BCUT2D eigenvalue weighted by Gasteiger charge is -2.01. The van der Waals surface area contributed by atoms with Gasteiger partial charge in [-0.3, -0.25) is 9.59 Å². The standard InChI is InChI=1S/C10H8N3O2/c11-9(14)5-8-6-3-1-2-4-7(6)10(15)13-12-8/h1-5H,(H2,11,14)(H,13,15). The lowest BCUT2D eigenvalue weighted by Crippen LogP contribution is -2.16. The second-order valence-corrected chi connectivity index (χ2v) is 3.03. The Kier molecular flexibility index (Phi) is 2.21. The third-order valence-corrected chi connectivity index (χ3v) is 2.00. The van der Waals surface area contributed by atoms with Crippen LogP contribution in [0, 0.1) is 6.42 Å². The lowest BCUT2D eigenvalue weighted by molar-refractivity contribution is -0.114. The zero-order valence-electron chi connectivity index (χ0n) is 7.73. The Morgan fingerprint density at radius 2 is 2.00 bits per heavy atom. The number of aromatic amines is 1. The monoisotopic (exact) mass is 202 g/mol. The number of fused-ring (bicyclic) bond motifs is 1. The van der Waals surface area contributed by atoms with E-state index in [1.165, 1.54) is 6.42 Å². The summed E-state index contributed by atoms with van der Waals surface area (Å²) in [7, 11) is 0. The minimum Gasteiger partial charge on any atom is -0.369 e. The van der Waals surface area contributed by atoms with Crippen molar-refractivity contribution in [1.82, 2.24) is 10.2 Å². The van der Waals surface area contributed by atoms with Crippen molar-refractivity contribution in [1.29, 1.82) is 0 Å². The molecule has 0 atom stereocenters. The third-order valence-electron chi connectivity index (χ3n) is 2.00. The first-order chi connectivity index (χ1) is 7.18. The smallest absolute Gasteiger partial charge is 0.272 e. The Hall–Kier alpha value is -2.17. The minimum atomic E-state index is -0.597. The molecule has 1 amide bonds. The zero-order valence-corrected chi connectivity index (χ0v) is 7.73. The van der Waals surface area contributed by atoms with E-state index in [0.29, 0.717) is 16.5 Å². The summed E-state index contributed by atoms with van der Waals surface area (Å²) in [6.07, 6.45) is 1.18. The van der Waals surface area contributed by atoms with Gasteiger partial charge in [-0.2, -0.15) is 5.10 Å². The van der Waals surface area contributed by atoms with Crippen LogP contribution in [0.1, 0.15) is 5.69 Å². The molecule has 75 valence electrons. The van der Waals surface area contributed by atoms with Crippen LogP contribution in [0.25, 0.3) is 10.8 Å². The van der Waals surface area contributed by atoms with Gasteiger partial charge in [-0.15, -0.1) is 0 Å². The molecule has 15 heavy (non-hydrogen) atoms. The molecule has 2 rings (SSSR count). The predicted octanol–water partition coefficient (Wildman–Crippen LogP) is -0.0392. The van der Waals surface area contributed by atoms with Crippen LogP contribution in [0.5, 0.6) is 0 Å². The number of carbonyl (C=O) groups is 1. The van der Waals surface area contributed by atoms with Crippen LogP contribution >= 0.6 is 0 Å². The van der Waals surface area contributed by atoms with Gasteiger partial charge in [0.2, 0.25) is 5.91 Å². The van der Waals surface area contributed by atoms with E-state index in [1.807, 2.05) is 0 Å². The van der Waals surface area contributed by atoms with E-state index in [0.717, 1.165) is 0 Å². The molecule has 0 saturated heterocycles. The van der Waals surface area contributed by atoms with E-state index in [4.69, 9.17) is 5.73 Å². The van der Waals surface area contributed by atoms with Gasteiger partial charge in [0.05, 0.1) is 17.5 Å². The third kappa shape index (κ3) is 1.71. The van der Waals surface area contributed by atoms with Crippen LogP contribution in [0.3, 0.4) is 0 Å². The molecule has 1 heterocycles. The second-order valence-electron chi connectivity index (χ2n) is 3.03. The Bertz CT molecular complexity index is 574. The number of hydrogen-bond donors (Lipinski definition) is 2. The zero-order chi connectivity index (χ0) is 10.8. The van der Waals surface area contributed by atoms with Gasteiger partial charge < -0.3 is 5.73 Å². The molecular formula is C10H8N3O2. The van der Waals surface area contributed by atoms with Crippen molar-refractivity contribution in [3.05, 3.63) is 46.7 Å². The van der Waals surface area contributed by atoms with Gasteiger partial charge in [0.25, 0.3) is 5.56 Å². The molecule has 0 unspecified atom stereocenters. The maximum atomic E-state index is 11.4. The van der Waals surface area contributed by atoms with Crippen LogP contribution in [0.15, 0.2) is 29.1 Å². The van der Waals surface area contributed by atoms with Gasteiger partial charge in [0, 0.05) is 5.39 Å². The van der Waals surface area contributed by atoms with Crippen LogP contribution in [0.4, 0.5) is 0 Å². The van der Waals surface area contributed by atoms with E-state index >= 15 is 0 Å². The number of aromatic nitrogens is 2. The first-order valence-corrected chi connectivity index (χ1v) is 4.30. The van der Waals surface area contributed by atoms with E-state index in [9.17, 15) is 9.59 Å². The van der Waals surface area contributed by atoms with Crippen molar-refractivity contribution in [3.8, 4) is 0 Å². The van der Waals surface area contributed by atoms with E-state index < -0.39 is 5.91 Å². The number of hydrogen-bond acceptors (Lipinski definition) is 3. The Morgan fingerprint density at radius 1 is 1.33 bits per heavy atom. The first kappa shape index (κ1) is 9.39. The second kappa shape index (κ2) is 3.53. The average molecular weight is 202 g/mol. The highest BCUT2D eigenvalue weighted by molar-refractivity contribution is 5.93. The molecule has 1 aromatic carbocycles. The molecule has 5 nitrogen and oxygen atoms in total. The number of nitrogens with one attached hydrogen (secondary N) is 1. The summed E-state index contributed by atoms with van der Waals surface area (Å²) >= 11 is 0. The lowest BCUT2D eigenvalue weighted by atomic mass is 10.1. The summed E-state index contributed by atoms with van der Waals surface area (Å²) < 4.78 is 0. The Balaban J connectivity index is 2.71. The molecule has 5 heteroatoms. The molecule has 1 radical (unpaired) electrons. The number of nitrogens with zero attached hydrogens (tertiary/aromatic N) is 1. The maximum Gasteiger partial charge on any atom is 0.272 e. The summed E-state index contributed by atoms with van der Waals surface area (Å²) in [5.41, 5.74) is 5.11. The molecule has 0 aliphatic rings. The summed E-state index contributed by atoms with van der Waals surface area (Å²) in [5, 5.41) is 7.15. The van der Waals surface area contributed by atoms with Crippen LogP contribution < -0.4 is 11.3 Å². The number of benzene rings is 1. The molecule has 2 aromatic rings. The number of primary amides is 1. The molecule has 0 aliphatic carbocycles. The molecule has 0 bridgehead atoms. The predicted molar refractivity (Wildman–Crippen MR) is 55.0 cm³/mol. The van der Waals surface area contributed by atoms with E-state index in [1.54, 1.807) is 24.3 Å². The number of nitrogens with two attached hydrogens (primary N) is 1. The van der Waals surface area contributed by atoms with Crippen LogP contribution in [-0.4, -0.2) is 16.1 Å². The quantitative estimate of drug-likeness (QED) is 0.716. The molecule has 0 aliphatic heterocycles. The maximum absolute atomic E-state index is 11.4. The largest absolute Gasteiger partial charge is 0.369 e. The van der Waals surface area contributed by atoms with Gasteiger partial charge in [0.15, 0.2) is 0 Å². The fourth-order valence-electron chi connectivity index (χ4n) is 1.38. The highest BCUT2D eigenvalue weighted by atomic mass is 16.1. The summed E-state index contributed by atoms with van der Waals surface area (Å²) in [4.78, 5) is 22.1. The molecule has 0 fully saturated rings.